The van der Waals surface area contributed by atoms with E-state index in [2.05, 4.69) is 10.3 Å². The van der Waals surface area contributed by atoms with Crippen molar-refractivity contribution in [3.05, 3.63) is 76.1 Å². The second-order valence-corrected chi connectivity index (χ2v) is 7.93. The minimum absolute atomic E-state index is 0.113. The van der Waals surface area contributed by atoms with Crippen LogP contribution < -0.4 is 10.9 Å². The molecule has 2 aromatic carbocycles. The molecule has 0 bridgehead atoms. The van der Waals surface area contributed by atoms with Gasteiger partial charge in [0.25, 0.3) is 11.5 Å². The molecule has 7 heteroatoms. The van der Waals surface area contributed by atoms with E-state index in [-0.39, 0.29) is 29.2 Å². The number of carbonyl (C=O) groups excluding carboxylic acids is 1. The highest BCUT2D eigenvalue weighted by molar-refractivity contribution is 5.98. The molecule has 0 radical (unpaired) electrons. The Kier molecular flexibility index (Phi) is 4.20. The van der Waals surface area contributed by atoms with Crippen LogP contribution in [0, 0.1) is 17.7 Å². The third-order valence-corrected chi connectivity index (χ3v) is 6.18. The minimum Gasteiger partial charge on any atom is -0.331 e. The topological polar surface area (TPSA) is 67.2 Å². The second kappa shape index (κ2) is 6.77. The van der Waals surface area contributed by atoms with Gasteiger partial charge in [0.05, 0.1) is 23.3 Å². The van der Waals surface area contributed by atoms with Gasteiger partial charge in [-0.2, -0.15) is 0 Å². The fourth-order valence-corrected chi connectivity index (χ4v) is 4.76. The Hall–Kier alpha value is -3.06. The summed E-state index contributed by atoms with van der Waals surface area (Å²) in [5.41, 5.74) is 1.67. The van der Waals surface area contributed by atoms with E-state index in [0.29, 0.717) is 28.9 Å². The molecule has 0 spiro atoms. The van der Waals surface area contributed by atoms with Crippen molar-refractivity contribution in [1.29, 1.82) is 0 Å². The molecule has 29 heavy (non-hydrogen) atoms. The van der Waals surface area contributed by atoms with Gasteiger partial charge < -0.3 is 14.8 Å². The van der Waals surface area contributed by atoms with E-state index in [4.69, 9.17) is 0 Å². The van der Waals surface area contributed by atoms with Crippen LogP contribution >= 0.6 is 0 Å². The van der Waals surface area contributed by atoms with Gasteiger partial charge >= 0.3 is 0 Å². The summed E-state index contributed by atoms with van der Waals surface area (Å²) in [4.78, 5) is 31.8. The first-order chi connectivity index (χ1) is 14.0. The molecular formula is C22H21FN4O2. The molecule has 2 fully saturated rings. The Labute approximate surface area is 167 Å². The Balaban J connectivity index is 1.55. The maximum atomic E-state index is 13.9. The largest absolute Gasteiger partial charge is 0.331 e. The molecule has 148 valence electrons. The van der Waals surface area contributed by atoms with E-state index in [1.54, 1.807) is 31.3 Å². The number of halogens is 1. The molecule has 1 amide bonds. The highest BCUT2D eigenvalue weighted by Gasteiger charge is 2.46. The number of hydrogen-bond acceptors (Lipinski definition) is 4. The van der Waals surface area contributed by atoms with Crippen molar-refractivity contribution >= 4 is 16.8 Å². The second-order valence-electron chi connectivity index (χ2n) is 7.93. The van der Waals surface area contributed by atoms with E-state index in [1.165, 1.54) is 23.0 Å². The molecule has 2 aliphatic rings. The monoisotopic (exact) mass is 392 g/mol. The molecule has 6 nitrogen and oxygen atoms in total. The lowest BCUT2D eigenvalue weighted by molar-refractivity contribution is 0.0714. The standard InChI is InChI=1S/C22H21FN4O2/c1-26-12-25-19-8-14(5-6-17(19)22(26)29)21(28)27-11-15-9-24-10-18(15)20(27)13-3-2-4-16(23)7-13/h2-8,12,15,18,20,24H,9-11H2,1H3/t15-,18-,20+/m0/s1. The number of rotatable bonds is 2. The highest BCUT2D eigenvalue weighted by atomic mass is 19.1. The first kappa shape index (κ1) is 18.0. The van der Waals surface area contributed by atoms with Gasteiger partial charge in [-0.3, -0.25) is 9.59 Å². The maximum absolute atomic E-state index is 13.9. The van der Waals surface area contributed by atoms with Crippen LogP contribution in [-0.4, -0.2) is 40.0 Å². The fraction of sp³-hybridized carbons (Fsp3) is 0.318. The van der Waals surface area contributed by atoms with E-state index < -0.39 is 0 Å². The number of hydrogen-bond donors (Lipinski definition) is 1. The summed E-state index contributed by atoms with van der Waals surface area (Å²) in [5.74, 6) is 0.192. The lowest BCUT2D eigenvalue weighted by atomic mass is 9.89. The van der Waals surface area contributed by atoms with E-state index in [9.17, 15) is 14.0 Å². The lowest BCUT2D eigenvalue weighted by Crippen LogP contribution is -2.34. The van der Waals surface area contributed by atoms with Gasteiger partial charge in [0.15, 0.2) is 0 Å². The molecule has 2 saturated heterocycles. The lowest BCUT2D eigenvalue weighted by Gasteiger charge is -2.28. The molecule has 5 rings (SSSR count). The Morgan fingerprint density at radius 3 is 2.90 bits per heavy atom. The third-order valence-electron chi connectivity index (χ3n) is 6.18. The number of aryl methyl sites for hydroxylation is 1. The molecular weight excluding hydrogens is 371 g/mol. The van der Waals surface area contributed by atoms with Crippen LogP contribution in [0.15, 0.2) is 53.6 Å². The van der Waals surface area contributed by atoms with Gasteiger partial charge in [-0.15, -0.1) is 0 Å². The van der Waals surface area contributed by atoms with Crippen molar-refractivity contribution in [3.63, 3.8) is 0 Å². The summed E-state index contributed by atoms with van der Waals surface area (Å²) < 4.78 is 15.3. The average molecular weight is 392 g/mol. The van der Waals surface area contributed by atoms with Crippen LogP contribution in [0.2, 0.25) is 0 Å². The van der Waals surface area contributed by atoms with Crippen molar-refractivity contribution in [2.75, 3.05) is 19.6 Å². The SMILES string of the molecule is Cn1cnc2cc(C(=O)N3C[C@@H]4CNC[C@@H]4[C@H]3c3cccc(F)c3)ccc2c1=O. The predicted octanol–water partition coefficient (Wildman–Crippen LogP) is 2.11. The molecule has 3 heterocycles. The van der Waals surface area contributed by atoms with Crippen molar-refractivity contribution in [2.45, 2.75) is 6.04 Å². The van der Waals surface area contributed by atoms with E-state index in [0.717, 1.165) is 18.7 Å². The zero-order chi connectivity index (χ0) is 20.1. The first-order valence-electron chi connectivity index (χ1n) is 9.75. The molecule has 0 saturated carbocycles. The normalized spacial score (nSPS) is 23.5. The maximum Gasteiger partial charge on any atom is 0.260 e. The van der Waals surface area contributed by atoms with E-state index in [1.807, 2.05) is 11.0 Å². The van der Waals surface area contributed by atoms with Gasteiger partial charge in [-0.1, -0.05) is 12.1 Å². The number of nitrogens with zero attached hydrogens (tertiary/aromatic N) is 3. The van der Waals surface area contributed by atoms with Gasteiger partial charge in [-0.25, -0.2) is 9.37 Å². The number of aromatic nitrogens is 2. The molecule has 2 aliphatic heterocycles. The molecule has 0 unspecified atom stereocenters. The number of carbonyl (C=O) groups is 1. The van der Waals surface area contributed by atoms with Gasteiger partial charge in [0.2, 0.25) is 0 Å². The van der Waals surface area contributed by atoms with Crippen molar-refractivity contribution in [3.8, 4) is 0 Å². The zero-order valence-electron chi connectivity index (χ0n) is 16.0. The van der Waals surface area contributed by atoms with E-state index >= 15 is 0 Å². The van der Waals surface area contributed by atoms with Gasteiger partial charge in [0.1, 0.15) is 5.82 Å². The Morgan fingerprint density at radius 1 is 1.21 bits per heavy atom. The van der Waals surface area contributed by atoms with Crippen LogP contribution in [0.1, 0.15) is 22.0 Å². The summed E-state index contributed by atoms with van der Waals surface area (Å²) in [6.45, 7) is 2.29. The quantitative estimate of drug-likeness (QED) is 0.725. The number of nitrogens with one attached hydrogen (secondary N) is 1. The van der Waals surface area contributed by atoms with Gasteiger partial charge in [-0.05, 0) is 41.8 Å². The summed E-state index contributed by atoms with van der Waals surface area (Å²) >= 11 is 0. The summed E-state index contributed by atoms with van der Waals surface area (Å²) in [5, 5.41) is 3.88. The highest BCUT2D eigenvalue weighted by Crippen LogP contribution is 2.43. The molecule has 3 atom stereocenters. The number of likely N-dealkylation sites (tertiary alicyclic amines) is 1. The Bertz CT molecular complexity index is 1170. The van der Waals surface area contributed by atoms with Crippen molar-refractivity contribution in [2.24, 2.45) is 18.9 Å². The third kappa shape index (κ3) is 2.93. The smallest absolute Gasteiger partial charge is 0.260 e. The van der Waals surface area contributed by atoms with Crippen molar-refractivity contribution in [1.82, 2.24) is 19.8 Å². The van der Waals surface area contributed by atoms with Gasteiger partial charge in [0, 0.05) is 38.2 Å². The molecule has 1 aromatic heterocycles. The van der Waals surface area contributed by atoms with Crippen LogP contribution in [-0.2, 0) is 7.05 Å². The summed E-state index contributed by atoms with van der Waals surface area (Å²) in [6.07, 6.45) is 1.46. The first-order valence-corrected chi connectivity index (χ1v) is 9.75. The number of benzene rings is 2. The van der Waals surface area contributed by atoms with Crippen molar-refractivity contribution < 1.29 is 9.18 Å². The minimum atomic E-state index is -0.296. The van der Waals surface area contributed by atoms with Crippen LogP contribution in [0.25, 0.3) is 10.9 Å². The number of amides is 1. The van der Waals surface area contributed by atoms with Crippen LogP contribution in [0.5, 0.6) is 0 Å². The molecule has 3 aromatic rings. The Morgan fingerprint density at radius 2 is 2.07 bits per heavy atom. The van der Waals surface area contributed by atoms with Crippen LogP contribution in [0.4, 0.5) is 4.39 Å². The fourth-order valence-electron chi connectivity index (χ4n) is 4.76. The zero-order valence-corrected chi connectivity index (χ0v) is 16.0. The average Bonchev–Trinajstić information content (AvgIpc) is 3.31. The summed E-state index contributed by atoms with van der Waals surface area (Å²) in [6, 6.07) is 11.4. The predicted molar refractivity (Wildman–Crippen MR) is 107 cm³/mol. The number of fused-ring (bicyclic) bond motifs is 2. The molecule has 1 N–H and O–H groups in total. The molecule has 0 aliphatic carbocycles. The van der Waals surface area contributed by atoms with Crippen LogP contribution in [0.3, 0.4) is 0 Å². The summed E-state index contributed by atoms with van der Waals surface area (Å²) in [7, 11) is 1.65.